The van der Waals surface area contributed by atoms with Crippen LogP contribution in [0.3, 0.4) is 0 Å². The first-order chi connectivity index (χ1) is 8.95. The van der Waals surface area contributed by atoms with E-state index >= 15 is 0 Å². The van der Waals surface area contributed by atoms with Crippen LogP contribution in [-0.4, -0.2) is 45.4 Å². The van der Waals surface area contributed by atoms with Crippen molar-refractivity contribution in [2.75, 3.05) is 26.7 Å². The predicted octanol–water partition coefficient (Wildman–Crippen LogP) is 0.578. The van der Waals surface area contributed by atoms with Crippen LogP contribution in [0.2, 0.25) is 0 Å². The first kappa shape index (κ1) is 14.3. The average molecular weight is 349 g/mol. The van der Waals surface area contributed by atoms with Gasteiger partial charge in [-0.1, -0.05) is 15.9 Å². The lowest BCUT2D eigenvalue weighted by Gasteiger charge is -2.26. The number of sulfonamides is 1. The maximum absolute atomic E-state index is 12.5. The van der Waals surface area contributed by atoms with E-state index in [4.69, 9.17) is 4.74 Å². The summed E-state index contributed by atoms with van der Waals surface area (Å²) in [5, 5.41) is 2.59. The van der Waals surface area contributed by atoms with Gasteiger partial charge in [0.2, 0.25) is 15.9 Å². The number of nitrogens with zero attached hydrogens (tertiary/aromatic N) is 1. The Morgan fingerprint density at radius 1 is 1.42 bits per heavy atom. The molecule has 19 heavy (non-hydrogen) atoms. The number of carbonyl (C=O) groups excluding carboxylic acids is 1. The molecule has 0 aliphatic carbocycles. The summed E-state index contributed by atoms with van der Waals surface area (Å²) < 4.78 is 31.9. The highest BCUT2D eigenvalue weighted by Crippen LogP contribution is 2.29. The Hall–Kier alpha value is -1.12. The SMILES string of the molecule is COc1ccc(Br)cc1S(=O)(=O)N1CCNC(=O)C1. The number of benzene rings is 1. The molecule has 0 spiro atoms. The first-order valence-corrected chi connectivity index (χ1v) is 7.79. The third-order valence-corrected chi connectivity index (χ3v) is 5.11. The smallest absolute Gasteiger partial charge is 0.247 e. The molecule has 6 nitrogen and oxygen atoms in total. The van der Waals surface area contributed by atoms with Crippen molar-refractivity contribution in [1.82, 2.24) is 9.62 Å². The van der Waals surface area contributed by atoms with Crippen molar-refractivity contribution in [2.45, 2.75) is 4.90 Å². The summed E-state index contributed by atoms with van der Waals surface area (Å²) >= 11 is 3.24. The number of halogens is 1. The Kier molecular flexibility index (Phi) is 4.12. The van der Waals surface area contributed by atoms with Gasteiger partial charge in [0.25, 0.3) is 0 Å². The van der Waals surface area contributed by atoms with Gasteiger partial charge in [-0.2, -0.15) is 4.31 Å². The zero-order valence-corrected chi connectivity index (χ0v) is 12.6. The lowest BCUT2D eigenvalue weighted by atomic mass is 10.3. The zero-order valence-electron chi connectivity index (χ0n) is 10.2. The van der Waals surface area contributed by atoms with Crippen LogP contribution in [0.5, 0.6) is 5.75 Å². The van der Waals surface area contributed by atoms with Crippen LogP contribution in [0.25, 0.3) is 0 Å². The molecule has 1 aromatic carbocycles. The lowest BCUT2D eigenvalue weighted by molar-refractivity contribution is -0.122. The molecule has 0 unspecified atom stereocenters. The lowest BCUT2D eigenvalue weighted by Crippen LogP contribution is -2.49. The van der Waals surface area contributed by atoms with E-state index in [0.29, 0.717) is 11.0 Å². The number of amides is 1. The van der Waals surface area contributed by atoms with Crippen LogP contribution in [-0.2, 0) is 14.8 Å². The molecule has 1 fully saturated rings. The third-order valence-electron chi connectivity index (χ3n) is 2.75. The summed E-state index contributed by atoms with van der Waals surface area (Å²) in [6.07, 6.45) is 0. The highest BCUT2D eigenvalue weighted by Gasteiger charge is 2.31. The van der Waals surface area contributed by atoms with E-state index in [0.717, 1.165) is 4.31 Å². The average Bonchev–Trinajstić information content (AvgIpc) is 2.38. The minimum Gasteiger partial charge on any atom is -0.495 e. The van der Waals surface area contributed by atoms with Crippen LogP contribution in [0.15, 0.2) is 27.6 Å². The maximum atomic E-state index is 12.5. The maximum Gasteiger partial charge on any atom is 0.247 e. The van der Waals surface area contributed by atoms with Gasteiger partial charge in [0.1, 0.15) is 10.6 Å². The van der Waals surface area contributed by atoms with Gasteiger partial charge in [-0.3, -0.25) is 4.79 Å². The quantitative estimate of drug-likeness (QED) is 0.866. The Morgan fingerprint density at radius 2 is 2.16 bits per heavy atom. The largest absolute Gasteiger partial charge is 0.495 e. The summed E-state index contributed by atoms with van der Waals surface area (Å²) in [6.45, 7) is 0.399. The molecule has 1 heterocycles. The molecule has 0 bridgehead atoms. The van der Waals surface area contributed by atoms with Gasteiger partial charge in [-0.05, 0) is 18.2 Å². The number of rotatable bonds is 3. The highest BCUT2D eigenvalue weighted by atomic mass is 79.9. The van der Waals surface area contributed by atoms with Gasteiger partial charge in [-0.25, -0.2) is 8.42 Å². The summed E-state index contributed by atoms with van der Waals surface area (Å²) in [5.74, 6) is -0.0435. The van der Waals surface area contributed by atoms with E-state index < -0.39 is 10.0 Å². The van der Waals surface area contributed by atoms with Gasteiger partial charge in [0.15, 0.2) is 0 Å². The van der Waals surface area contributed by atoms with E-state index in [2.05, 4.69) is 21.2 Å². The number of piperazine rings is 1. The molecule has 0 saturated carbocycles. The minimum atomic E-state index is -3.74. The van der Waals surface area contributed by atoms with Crippen molar-refractivity contribution in [3.05, 3.63) is 22.7 Å². The third kappa shape index (κ3) is 2.90. The van der Waals surface area contributed by atoms with Gasteiger partial charge in [-0.15, -0.1) is 0 Å². The number of methoxy groups -OCH3 is 1. The predicted molar refractivity (Wildman–Crippen MR) is 72.5 cm³/mol. The van der Waals surface area contributed by atoms with Crippen LogP contribution in [0.1, 0.15) is 0 Å². The fraction of sp³-hybridized carbons (Fsp3) is 0.364. The fourth-order valence-electron chi connectivity index (χ4n) is 1.81. The molecule has 1 aliphatic rings. The molecule has 1 saturated heterocycles. The molecule has 1 amide bonds. The number of hydrogen-bond donors (Lipinski definition) is 1. The second kappa shape index (κ2) is 5.48. The van der Waals surface area contributed by atoms with Crippen LogP contribution < -0.4 is 10.1 Å². The van der Waals surface area contributed by atoms with Crippen molar-refractivity contribution in [1.29, 1.82) is 0 Å². The van der Waals surface area contributed by atoms with E-state index in [1.807, 2.05) is 0 Å². The molecule has 0 radical (unpaired) electrons. The minimum absolute atomic E-state index is 0.0547. The van der Waals surface area contributed by atoms with Gasteiger partial charge in [0.05, 0.1) is 13.7 Å². The van der Waals surface area contributed by atoms with Crippen molar-refractivity contribution in [2.24, 2.45) is 0 Å². The highest BCUT2D eigenvalue weighted by molar-refractivity contribution is 9.10. The Bertz CT molecular complexity index is 603. The molecule has 8 heteroatoms. The molecule has 0 atom stereocenters. The molecule has 1 aliphatic heterocycles. The molecular formula is C11H13BrN2O4S. The van der Waals surface area contributed by atoms with Crippen LogP contribution >= 0.6 is 15.9 Å². The van der Waals surface area contributed by atoms with Crippen molar-refractivity contribution in [3.8, 4) is 5.75 Å². The normalized spacial score (nSPS) is 17.1. The van der Waals surface area contributed by atoms with Crippen LogP contribution in [0, 0.1) is 0 Å². The van der Waals surface area contributed by atoms with Gasteiger partial charge in [0, 0.05) is 17.6 Å². The van der Waals surface area contributed by atoms with E-state index in [-0.39, 0.29) is 29.6 Å². The molecule has 1 aromatic rings. The van der Waals surface area contributed by atoms with E-state index in [1.165, 1.54) is 13.2 Å². The Labute approximate surface area is 119 Å². The topological polar surface area (TPSA) is 75.7 Å². The molecule has 2 rings (SSSR count). The van der Waals surface area contributed by atoms with E-state index in [1.54, 1.807) is 12.1 Å². The van der Waals surface area contributed by atoms with Crippen molar-refractivity contribution >= 4 is 31.9 Å². The fourth-order valence-corrected chi connectivity index (χ4v) is 3.90. The Balaban J connectivity index is 2.44. The second-order valence-electron chi connectivity index (χ2n) is 3.98. The zero-order chi connectivity index (χ0) is 14.0. The van der Waals surface area contributed by atoms with Crippen LogP contribution in [0.4, 0.5) is 0 Å². The Morgan fingerprint density at radius 3 is 2.79 bits per heavy atom. The number of carbonyl (C=O) groups is 1. The summed E-state index contributed by atoms with van der Waals surface area (Å²) in [7, 11) is -2.33. The molecular weight excluding hydrogens is 336 g/mol. The monoisotopic (exact) mass is 348 g/mol. The first-order valence-electron chi connectivity index (χ1n) is 5.55. The van der Waals surface area contributed by atoms with Crippen molar-refractivity contribution < 1.29 is 17.9 Å². The van der Waals surface area contributed by atoms with E-state index in [9.17, 15) is 13.2 Å². The standard InChI is InChI=1S/C11H13BrN2O4S/c1-18-9-3-2-8(12)6-10(9)19(16,17)14-5-4-13-11(15)7-14/h2-3,6H,4-5,7H2,1H3,(H,13,15). The van der Waals surface area contributed by atoms with Gasteiger partial charge >= 0.3 is 0 Å². The summed E-state index contributed by atoms with van der Waals surface area (Å²) in [4.78, 5) is 11.4. The van der Waals surface area contributed by atoms with Gasteiger partial charge < -0.3 is 10.1 Å². The van der Waals surface area contributed by atoms with Crippen molar-refractivity contribution in [3.63, 3.8) is 0 Å². The molecule has 104 valence electrons. The number of hydrogen-bond acceptors (Lipinski definition) is 4. The summed E-state index contributed by atoms with van der Waals surface area (Å²) in [5.41, 5.74) is 0. The number of ether oxygens (including phenoxy) is 1. The second-order valence-corrected chi connectivity index (χ2v) is 6.81. The molecule has 1 N–H and O–H groups in total. The summed E-state index contributed by atoms with van der Waals surface area (Å²) in [6, 6.07) is 4.74. The molecule has 0 aromatic heterocycles. The number of nitrogens with one attached hydrogen (secondary N) is 1.